The Morgan fingerprint density at radius 1 is 0.848 bits per heavy atom. The number of nitrogens with zero attached hydrogens (tertiary/aromatic N) is 2. The summed E-state index contributed by atoms with van der Waals surface area (Å²) < 4.78 is 18.2. The van der Waals surface area contributed by atoms with Gasteiger partial charge in [0.2, 0.25) is 0 Å². The van der Waals surface area contributed by atoms with E-state index < -0.39 is 0 Å². The van der Waals surface area contributed by atoms with E-state index in [1.54, 1.807) is 33.5 Å². The first kappa shape index (κ1) is 21.9. The minimum Gasteiger partial charge on any atom is -0.497 e. The summed E-state index contributed by atoms with van der Waals surface area (Å²) in [4.78, 5) is 17.3. The Kier molecular flexibility index (Phi) is 6.55. The highest BCUT2D eigenvalue weighted by Gasteiger charge is 2.17. The Morgan fingerprint density at radius 2 is 1.64 bits per heavy atom. The number of hydrogen-bond donors (Lipinski definition) is 0. The molecule has 0 saturated heterocycles. The van der Waals surface area contributed by atoms with E-state index in [-0.39, 0.29) is 5.78 Å². The number of ether oxygens (including phenoxy) is 3. The molecule has 0 aliphatic heterocycles. The number of rotatable bonds is 8. The summed E-state index contributed by atoms with van der Waals surface area (Å²) in [5, 5.41) is 0. The summed E-state index contributed by atoms with van der Waals surface area (Å²) in [5.41, 5.74) is 3.91. The second-order valence-electron chi connectivity index (χ2n) is 7.19. The molecule has 4 rings (SSSR count). The molecular formula is C27H24N2O4. The summed E-state index contributed by atoms with van der Waals surface area (Å²) in [5.74, 6) is 1.96. The Bertz CT molecular complexity index is 1350. The number of methoxy groups -OCH3 is 3. The van der Waals surface area contributed by atoms with E-state index in [2.05, 4.69) is 0 Å². The number of carbonyl (C=O) groups excluding carboxylic acids is 1. The van der Waals surface area contributed by atoms with Crippen LogP contribution in [0.5, 0.6) is 17.2 Å². The van der Waals surface area contributed by atoms with Crippen LogP contribution < -0.4 is 14.2 Å². The van der Waals surface area contributed by atoms with Crippen molar-refractivity contribution in [2.24, 2.45) is 0 Å². The van der Waals surface area contributed by atoms with Crippen LogP contribution in [0.2, 0.25) is 0 Å². The molecule has 2 heterocycles. The van der Waals surface area contributed by atoms with Crippen LogP contribution in [0.25, 0.3) is 29.1 Å². The molecule has 0 radical (unpaired) electrons. The maximum atomic E-state index is 12.5. The zero-order valence-electron chi connectivity index (χ0n) is 18.7. The van der Waals surface area contributed by atoms with E-state index in [1.807, 2.05) is 71.3 Å². The lowest BCUT2D eigenvalue weighted by molar-refractivity contribution is -0.110. The van der Waals surface area contributed by atoms with Crippen molar-refractivity contribution < 1.29 is 19.0 Å². The number of fused-ring (bicyclic) bond motifs is 1. The molecule has 0 unspecified atom stereocenters. The minimum absolute atomic E-state index is 0.154. The molecule has 0 fully saturated rings. The van der Waals surface area contributed by atoms with E-state index in [1.165, 1.54) is 12.2 Å². The van der Waals surface area contributed by atoms with Crippen LogP contribution in [0, 0.1) is 0 Å². The molecule has 0 bridgehead atoms. The van der Waals surface area contributed by atoms with Gasteiger partial charge in [-0.05, 0) is 66.3 Å². The normalized spacial score (nSPS) is 11.4. The fraction of sp³-hybridized carbons (Fsp3) is 0.111. The highest BCUT2D eigenvalue weighted by Crippen LogP contribution is 2.36. The fourth-order valence-electron chi connectivity index (χ4n) is 3.54. The summed E-state index contributed by atoms with van der Waals surface area (Å²) in [6, 6.07) is 18.9. The molecule has 2 aromatic heterocycles. The quantitative estimate of drug-likeness (QED) is 0.347. The molecule has 6 nitrogen and oxygen atoms in total. The largest absolute Gasteiger partial charge is 0.497 e. The number of carbonyl (C=O) groups is 1. The SMILES string of the molecule is COc1cccc(/C=C/C(=O)/C=C/c2nc3ccccn3c2-c2cc(OC)ccc2OC)c1. The zero-order chi connectivity index (χ0) is 23.2. The molecule has 2 aromatic carbocycles. The molecule has 33 heavy (non-hydrogen) atoms. The second kappa shape index (κ2) is 9.87. The van der Waals surface area contributed by atoms with Crippen LogP contribution in [0.15, 0.2) is 79.0 Å². The van der Waals surface area contributed by atoms with Crippen LogP contribution in [0.4, 0.5) is 0 Å². The summed E-state index contributed by atoms with van der Waals surface area (Å²) in [6.45, 7) is 0. The molecule has 0 aliphatic carbocycles. The molecule has 0 atom stereocenters. The molecule has 0 saturated carbocycles. The van der Waals surface area contributed by atoms with E-state index in [4.69, 9.17) is 19.2 Å². The highest BCUT2D eigenvalue weighted by atomic mass is 16.5. The second-order valence-corrected chi connectivity index (χ2v) is 7.19. The number of allylic oxidation sites excluding steroid dienone is 2. The van der Waals surface area contributed by atoms with Gasteiger partial charge in [-0.15, -0.1) is 0 Å². The van der Waals surface area contributed by atoms with Gasteiger partial charge in [-0.2, -0.15) is 0 Å². The van der Waals surface area contributed by atoms with Gasteiger partial charge < -0.3 is 14.2 Å². The fourth-order valence-corrected chi connectivity index (χ4v) is 3.54. The lowest BCUT2D eigenvalue weighted by Crippen LogP contribution is -1.95. The molecule has 0 amide bonds. The number of pyridine rings is 1. The Morgan fingerprint density at radius 3 is 2.42 bits per heavy atom. The van der Waals surface area contributed by atoms with Crippen LogP contribution in [0.3, 0.4) is 0 Å². The smallest absolute Gasteiger partial charge is 0.178 e. The minimum atomic E-state index is -0.154. The van der Waals surface area contributed by atoms with E-state index in [0.717, 1.165) is 28.2 Å². The average Bonchev–Trinajstić information content (AvgIpc) is 3.24. The lowest BCUT2D eigenvalue weighted by Gasteiger charge is -2.11. The number of aromatic nitrogens is 2. The number of benzene rings is 2. The van der Waals surface area contributed by atoms with Crippen molar-refractivity contribution in [1.82, 2.24) is 9.38 Å². The summed E-state index contributed by atoms with van der Waals surface area (Å²) in [7, 11) is 4.85. The van der Waals surface area contributed by atoms with Crippen molar-refractivity contribution >= 4 is 23.6 Å². The molecule has 0 N–H and O–H groups in total. The van der Waals surface area contributed by atoms with Gasteiger partial charge in [-0.1, -0.05) is 24.3 Å². The van der Waals surface area contributed by atoms with Crippen molar-refractivity contribution in [3.05, 3.63) is 90.3 Å². The summed E-state index contributed by atoms with van der Waals surface area (Å²) >= 11 is 0. The number of imidazole rings is 1. The maximum absolute atomic E-state index is 12.5. The number of ketones is 1. The van der Waals surface area contributed by atoms with Crippen LogP contribution in [-0.4, -0.2) is 36.5 Å². The highest BCUT2D eigenvalue weighted by molar-refractivity contribution is 6.04. The zero-order valence-corrected chi connectivity index (χ0v) is 18.7. The predicted molar refractivity (Wildman–Crippen MR) is 130 cm³/mol. The van der Waals surface area contributed by atoms with Gasteiger partial charge in [0.15, 0.2) is 5.78 Å². The lowest BCUT2D eigenvalue weighted by atomic mass is 10.1. The van der Waals surface area contributed by atoms with Gasteiger partial charge in [0.1, 0.15) is 22.9 Å². The third kappa shape index (κ3) is 4.80. The first-order valence-electron chi connectivity index (χ1n) is 10.4. The van der Waals surface area contributed by atoms with Gasteiger partial charge in [0, 0.05) is 11.8 Å². The predicted octanol–water partition coefficient (Wildman–Crippen LogP) is 5.32. The van der Waals surface area contributed by atoms with Crippen molar-refractivity contribution in [3.8, 4) is 28.5 Å². The molecule has 166 valence electrons. The van der Waals surface area contributed by atoms with Crippen molar-refractivity contribution in [1.29, 1.82) is 0 Å². The summed E-state index contributed by atoms with van der Waals surface area (Å²) in [6.07, 6.45) is 8.43. The van der Waals surface area contributed by atoms with Gasteiger partial charge in [0.25, 0.3) is 0 Å². The van der Waals surface area contributed by atoms with Gasteiger partial charge in [-0.3, -0.25) is 9.20 Å². The molecule has 0 aliphatic rings. The molecular weight excluding hydrogens is 416 g/mol. The first-order valence-corrected chi connectivity index (χ1v) is 10.4. The Labute approximate surface area is 192 Å². The van der Waals surface area contributed by atoms with Gasteiger partial charge in [0.05, 0.1) is 32.7 Å². The van der Waals surface area contributed by atoms with Gasteiger partial charge >= 0.3 is 0 Å². The molecule has 4 aromatic rings. The first-order chi connectivity index (χ1) is 16.1. The van der Waals surface area contributed by atoms with Crippen molar-refractivity contribution in [2.45, 2.75) is 0 Å². The van der Waals surface area contributed by atoms with E-state index in [0.29, 0.717) is 17.2 Å². The Hall–Kier alpha value is -4.32. The third-order valence-electron chi connectivity index (χ3n) is 5.16. The van der Waals surface area contributed by atoms with Crippen molar-refractivity contribution in [3.63, 3.8) is 0 Å². The Balaban J connectivity index is 1.71. The molecule has 0 spiro atoms. The topological polar surface area (TPSA) is 62.1 Å². The monoisotopic (exact) mass is 440 g/mol. The van der Waals surface area contributed by atoms with E-state index in [9.17, 15) is 4.79 Å². The molecule has 6 heteroatoms. The van der Waals surface area contributed by atoms with Crippen LogP contribution >= 0.6 is 0 Å². The third-order valence-corrected chi connectivity index (χ3v) is 5.16. The average molecular weight is 440 g/mol. The van der Waals surface area contributed by atoms with Crippen LogP contribution in [0.1, 0.15) is 11.3 Å². The van der Waals surface area contributed by atoms with E-state index >= 15 is 0 Å². The standard InChI is InChI=1S/C27H24N2O4/c1-31-21-8-6-7-19(17-21)10-11-20(30)12-14-24-27(29-16-5-4-9-26(29)28-24)23-18-22(32-2)13-15-25(23)33-3/h4-18H,1-3H3/b11-10+,14-12+. The maximum Gasteiger partial charge on any atom is 0.178 e. The van der Waals surface area contributed by atoms with Gasteiger partial charge in [-0.25, -0.2) is 4.98 Å². The van der Waals surface area contributed by atoms with Crippen molar-refractivity contribution in [2.75, 3.05) is 21.3 Å². The van der Waals surface area contributed by atoms with Crippen LogP contribution in [-0.2, 0) is 4.79 Å². The number of hydrogen-bond acceptors (Lipinski definition) is 5.